The van der Waals surface area contributed by atoms with E-state index in [1.165, 1.54) is 14.2 Å². The van der Waals surface area contributed by atoms with Gasteiger partial charge in [0.25, 0.3) is 0 Å². The van der Waals surface area contributed by atoms with E-state index in [1.807, 2.05) is 25.1 Å². The highest BCUT2D eigenvalue weighted by atomic mass is 35.5. The van der Waals surface area contributed by atoms with E-state index in [-0.39, 0.29) is 5.28 Å². The molecule has 0 aliphatic rings. The van der Waals surface area contributed by atoms with Gasteiger partial charge in [-0.25, -0.2) is 4.98 Å². The molecule has 0 radical (unpaired) electrons. The minimum Gasteiger partial charge on any atom is -0.481 e. The average Bonchev–Trinajstić information content (AvgIpc) is 2.81. The summed E-state index contributed by atoms with van der Waals surface area (Å²) >= 11 is 6.24. The second kappa shape index (κ2) is 5.21. The molecule has 6 nitrogen and oxygen atoms in total. The molecular formula is C14H13ClN4O2. The van der Waals surface area contributed by atoms with Crippen LogP contribution in [0.4, 0.5) is 0 Å². The van der Waals surface area contributed by atoms with Crippen molar-refractivity contribution in [1.82, 2.24) is 19.5 Å². The summed E-state index contributed by atoms with van der Waals surface area (Å²) in [6, 6.07) is 7.46. The lowest BCUT2D eigenvalue weighted by Gasteiger charge is -2.08. The first-order chi connectivity index (χ1) is 10.1. The highest BCUT2D eigenvalue weighted by Gasteiger charge is 2.15. The number of methoxy groups -OCH3 is 2. The summed E-state index contributed by atoms with van der Waals surface area (Å²) in [6.45, 7) is 2.00. The van der Waals surface area contributed by atoms with Gasteiger partial charge in [0.05, 0.1) is 31.3 Å². The molecule has 21 heavy (non-hydrogen) atoms. The van der Waals surface area contributed by atoms with Crippen LogP contribution in [0, 0.1) is 6.92 Å². The molecule has 0 saturated carbocycles. The predicted octanol–water partition coefficient (Wildman–Crippen LogP) is 2.79. The van der Waals surface area contributed by atoms with Gasteiger partial charge in [0.15, 0.2) is 0 Å². The van der Waals surface area contributed by atoms with Crippen LogP contribution in [-0.2, 0) is 0 Å². The van der Waals surface area contributed by atoms with E-state index in [1.54, 1.807) is 10.6 Å². The lowest BCUT2D eigenvalue weighted by atomic mass is 10.2. The van der Waals surface area contributed by atoms with Gasteiger partial charge in [0, 0.05) is 0 Å². The van der Waals surface area contributed by atoms with Crippen molar-refractivity contribution in [2.24, 2.45) is 0 Å². The van der Waals surface area contributed by atoms with Crippen LogP contribution in [0.15, 0.2) is 24.3 Å². The van der Waals surface area contributed by atoms with Crippen LogP contribution in [0.1, 0.15) is 5.56 Å². The normalized spacial score (nSPS) is 10.9. The Bertz CT molecular complexity index is 794. The maximum atomic E-state index is 6.24. The van der Waals surface area contributed by atoms with Crippen molar-refractivity contribution in [2.75, 3.05) is 14.2 Å². The number of hydrogen-bond donors (Lipinski definition) is 0. The molecule has 7 heteroatoms. The van der Waals surface area contributed by atoms with E-state index >= 15 is 0 Å². The predicted molar refractivity (Wildman–Crippen MR) is 79.5 cm³/mol. The van der Waals surface area contributed by atoms with Crippen molar-refractivity contribution in [3.05, 3.63) is 35.1 Å². The van der Waals surface area contributed by atoms with Gasteiger partial charge in [0.1, 0.15) is 0 Å². The first-order valence-electron chi connectivity index (χ1n) is 6.24. The number of fused-ring (bicyclic) bond motifs is 1. The standard InChI is InChI=1S/C14H13ClN4O2/c1-8-4-5-10-9(6-8)16-13(15)19(10)14-17-11(20-2)7-12(18-14)21-3/h4-7H,1-3H3. The highest BCUT2D eigenvalue weighted by Crippen LogP contribution is 2.26. The number of ether oxygens (including phenoxy) is 2. The molecule has 1 aromatic carbocycles. The van der Waals surface area contributed by atoms with Crippen molar-refractivity contribution in [3.8, 4) is 17.7 Å². The number of aryl methyl sites for hydroxylation is 1. The number of imidazole rings is 1. The Balaban J connectivity index is 2.27. The lowest BCUT2D eigenvalue weighted by molar-refractivity contribution is 0.370. The van der Waals surface area contributed by atoms with E-state index in [2.05, 4.69) is 15.0 Å². The van der Waals surface area contributed by atoms with Crippen molar-refractivity contribution in [1.29, 1.82) is 0 Å². The second-order valence-corrected chi connectivity index (χ2v) is 4.80. The number of benzene rings is 1. The third-order valence-corrected chi connectivity index (χ3v) is 3.31. The Morgan fingerprint density at radius 3 is 2.29 bits per heavy atom. The molecule has 2 aromatic heterocycles. The van der Waals surface area contributed by atoms with Gasteiger partial charge in [-0.3, -0.25) is 4.57 Å². The maximum Gasteiger partial charge on any atom is 0.243 e. The van der Waals surface area contributed by atoms with Crippen LogP contribution in [0.2, 0.25) is 5.28 Å². The van der Waals surface area contributed by atoms with Crippen LogP contribution < -0.4 is 9.47 Å². The van der Waals surface area contributed by atoms with Gasteiger partial charge < -0.3 is 9.47 Å². The zero-order valence-electron chi connectivity index (χ0n) is 11.8. The van der Waals surface area contributed by atoms with Gasteiger partial charge in [0.2, 0.25) is 23.0 Å². The maximum absolute atomic E-state index is 6.24. The average molecular weight is 305 g/mol. The van der Waals surface area contributed by atoms with Crippen molar-refractivity contribution < 1.29 is 9.47 Å². The molecule has 0 amide bonds. The van der Waals surface area contributed by atoms with Gasteiger partial charge in [-0.15, -0.1) is 0 Å². The van der Waals surface area contributed by atoms with Crippen molar-refractivity contribution in [2.45, 2.75) is 6.92 Å². The van der Waals surface area contributed by atoms with Gasteiger partial charge in [-0.05, 0) is 36.2 Å². The number of aromatic nitrogens is 4. The summed E-state index contributed by atoms with van der Waals surface area (Å²) in [5.41, 5.74) is 2.71. The molecule has 3 aromatic rings. The Morgan fingerprint density at radius 2 is 1.67 bits per heavy atom. The van der Waals surface area contributed by atoms with Crippen LogP contribution in [0.5, 0.6) is 11.8 Å². The van der Waals surface area contributed by atoms with E-state index < -0.39 is 0 Å². The first kappa shape index (κ1) is 13.6. The molecule has 3 rings (SSSR count). The number of rotatable bonds is 3. The monoisotopic (exact) mass is 304 g/mol. The minimum atomic E-state index is 0.283. The lowest BCUT2D eigenvalue weighted by Crippen LogP contribution is -2.04. The molecule has 0 saturated heterocycles. The van der Waals surface area contributed by atoms with Crippen LogP contribution in [0.25, 0.3) is 17.0 Å². The smallest absolute Gasteiger partial charge is 0.243 e. The molecule has 0 aliphatic heterocycles. The fraction of sp³-hybridized carbons (Fsp3) is 0.214. The summed E-state index contributed by atoms with van der Waals surface area (Å²) in [7, 11) is 3.06. The third-order valence-electron chi connectivity index (χ3n) is 3.05. The highest BCUT2D eigenvalue weighted by molar-refractivity contribution is 6.29. The summed E-state index contributed by atoms with van der Waals surface area (Å²) in [6.07, 6.45) is 0. The SMILES string of the molecule is COc1cc(OC)nc(-n2c(Cl)nc3cc(C)ccc32)n1. The molecule has 2 heterocycles. The quantitative estimate of drug-likeness (QED) is 0.744. The molecular weight excluding hydrogens is 292 g/mol. The van der Waals surface area contributed by atoms with Gasteiger partial charge in [-0.2, -0.15) is 9.97 Å². The van der Waals surface area contributed by atoms with Crippen LogP contribution in [0.3, 0.4) is 0 Å². The zero-order chi connectivity index (χ0) is 15.0. The summed E-state index contributed by atoms with van der Waals surface area (Å²) in [4.78, 5) is 12.9. The number of nitrogens with zero attached hydrogens (tertiary/aromatic N) is 4. The summed E-state index contributed by atoms with van der Waals surface area (Å²) in [5, 5.41) is 0.283. The molecule has 0 bridgehead atoms. The molecule has 0 fully saturated rings. The van der Waals surface area contributed by atoms with Crippen molar-refractivity contribution in [3.63, 3.8) is 0 Å². The fourth-order valence-electron chi connectivity index (χ4n) is 2.05. The Morgan fingerprint density at radius 1 is 1.00 bits per heavy atom. The van der Waals surface area contributed by atoms with E-state index in [4.69, 9.17) is 21.1 Å². The fourth-order valence-corrected chi connectivity index (χ4v) is 2.31. The number of halogens is 1. The van der Waals surface area contributed by atoms with Crippen LogP contribution in [-0.4, -0.2) is 33.7 Å². The molecule has 0 aliphatic carbocycles. The first-order valence-corrected chi connectivity index (χ1v) is 6.62. The molecule has 0 atom stereocenters. The van der Waals surface area contributed by atoms with Gasteiger partial charge >= 0.3 is 0 Å². The largest absolute Gasteiger partial charge is 0.481 e. The Kier molecular flexibility index (Phi) is 3.39. The molecule has 0 unspecified atom stereocenters. The second-order valence-electron chi connectivity index (χ2n) is 4.46. The van der Waals surface area contributed by atoms with E-state index in [0.29, 0.717) is 17.7 Å². The molecule has 0 spiro atoms. The summed E-state index contributed by atoms with van der Waals surface area (Å²) in [5.74, 6) is 1.13. The van der Waals surface area contributed by atoms with E-state index in [9.17, 15) is 0 Å². The molecule has 108 valence electrons. The minimum absolute atomic E-state index is 0.283. The van der Waals surface area contributed by atoms with Crippen LogP contribution >= 0.6 is 11.6 Å². The Labute approximate surface area is 126 Å². The zero-order valence-corrected chi connectivity index (χ0v) is 12.5. The topological polar surface area (TPSA) is 62.1 Å². The Hall–Kier alpha value is -2.34. The van der Waals surface area contributed by atoms with E-state index in [0.717, 1.165) is 16.6 Å². The van der Waals surface area contributed by atoms with Crippen molar-refractivity contribution >= 4 is 22.6 Å². The van der Waals surface area contributed by atoms with Gasteiger partial charge in [-0.1, -0.05) is 6.07 Å². The molecule has 0 N–H and O–H groups in total. The third kappa shape index (κ3) is 2.38. The number of hydrogen-bond acceptors (Lipinski definition) is 5. The summed E-state index contributed by atoms with van der Waals surface area (Å²) < 4.78 is 12.0.